The van der Waals surface area contributed by atoms with Crippen LogP contribution < -0.4 is 4.74 Å². The molecule has 16 heavy (non-hydrogen) atoms. The van der Waals surface area contributed by atoms with Crippen LogP contribution in [0, 0.1) is 19.3 Å². The summed E-state index contributed by atoms with van der Waals surface area (Å²) in [6.45, 7) is 2.50. The molecule has 0 aliphatic heterocycles. The Hall–Kier alpha value is -2.01. The second-order valence-electron chi connectivity index (χ2n) is 3.58. The van der Waals surface area contributed by atoms with Gasteiger partial charge >= 0.3 is 0 Å². The van der Waals surface area contributed by atoms with E-state index in [-0.39, 0.29) is 0 Å². The van der Waals surface area contributed by atoms with Crippen LogP contribution in [-0.4, -0.2) is 11.6 Å². The molecular formula is C14H13NO. The van der Waals surface area contributed by atoms with Crippen molar-refractivity contribution in [1.82, 2.24) is 4.98 Å². The summed E-state index contributed by atoms with van der Waals surface area (Å²) in [5.41, 5.74) is 1.89. The van der Waals surface area contributed by atoms with Gasteiger partial charge < -0.3 is 4.74 Å². The van der Waals surface area contributed by atoms with Crippen LogP contribution in [0.5, 0.6) is 5.75 Å². The van der Waals surface area contributed by atoms with Crippen LogP contribution in [0.15, 0.2) is 30.3 Å². The molecule has 2 nitrogen and oxygen atoms in total. The minimum atomic E-state index is 0.533. The third kappa shape index (κ3) is 2.14. The fourth-order valence-electron chi connectivity index (χ4n) is 1.55. The fourth-order valence-corrected chi connectivity index (χ4v) is 1.55. The molecule has 0 fully saturated rings. The average Bonchev–Trinajstić information content (AvgIpc) is 2.30. The summed E-state index contributed by atoms with van der Waals surface area (Å²) in [7, 11) is 0. The summed E-state index contributed by atoms with van der Waals surface area (Å²) < 4.78 is 5.61. The van der Waals surface area contributed by atoms with E-state index in [1.165, 1.54) is 0 Å². The molecule has 1 aromatic carbocycles. The molecule has 0 aliphatic rings. The molecule has 80 valence electrons. The Morgan fingerprint density at radius 2 is 2.19 bits per heavy atom. The second-order valence-corrected chi connectivity index (χ2v) is 3.58. The Morgan fingerprint density at radius 1 is 1.31 bits per heavy atom. The van der Waals surface area contributed by atoms with E-state index in [0.29, 0.717) is 13.0 Å². The van der Waals surface area contributed by atoms with Crippen LogP contribution in [0.4, 0.5) is 0 Å². The highest BCUT2D eigenvalue weighted by Crippen LogP contribution is 2.23. The van der Waals surface area contributed by atoms with Crippen LogP contribution in [0.25, 0.3) is 10.9 Å². The number of aryl methyl sites for hydroxylation is 1. The molecule has 0 radical (unpaired) electrons. The number of para-hydroxylation sites is 1. The number of benzene rings is 1. The number of terminal acetylenes is 1. The van der Waals surface area contributed by atoms with Gasteiger partial charge in [-0.1, -0.05) is 18.2 Å². The lowest BCUT2D eigenvalue weighted by atomic mass is 10.2. The zero-order chi connectivity index (χ0) is 11.4. The van der Waals surface area contributed by atoms with Crippen LogP contribution >= 0.6 is 0 Å². The predicted octanol–water partition coefficient (Wildman–Crippen LogP) is 2.95. The molecule has 1 aromatic heterocycles. The van der Waals surface area contributed by atoms with E-state index in [9.17, 15) is 0 Å². The van der Waals surface area contributed by atoms with Gasteiger partial charge in [0.05, 0.1) is 6.61 Å². The summed E-state index contributed by atoms with van der Waals surface area (Å²) in [6.07, 6.45) is 5.80. The largest absolute Gasteiger partial charge is 0.490 e. The van der Waals surface area contributed by atoms with E-state index < -0.39 is 0 Å². The Labute approximate surface area is 95.3 Å². The van der Waals surface area contributed by atoms with Crippen molar-refractivity contribution in [3.05, 3.63) is 36.0 Å². The van der Waals surface area contributed by atoms with Gasteiger partial charge in [0, 0.05) is 17.5 Å². The van der Waals surface area contributed by atoms with Crippen LogP contribution in [0.2, 0.25) is 0 Å². The zero-order valence-corrected chi connectivity index (χ0v) is 9.23. The van der Waals surface area contributed by atoms with Gasteiger partial charge in [-0.05, 0) is 19.1 Å². The van der Waals surface area contributed by atoms with Crippen molar-refractivity contribution in [2.75, 3.05) is 6.61 Å². The van der Waals surface area contributed by atoms with Gasteiger partial charge in [-0.2, -0.15) is 0 Å². The van der Waals surface area contributed by atoms with Gasteiger partial charge in [0.15, 0.2) is 0 Å². The molecule has 2 heteroatoms. The van der Waals surface area contributed by atoms with E-state index >= 15 is 0 Å². The third-order valence-electron chi connectivity index (χ3n) is 2.33. The number of hydrogen-bond donors (Lipinski definition) is 0. The lowest BCUT2D eigenvalue weighted by Gasteiger charge is -2.07. The maximum Gasteiger partial charge on any atom is 0.145 e. The summed E-state index contributed by atoms with van der Waals surface area (Å²) >= 11 is 0. The first-order chi connectivity index (χ1) is 7.81. The molecular weight excluding hydrogens is 198 g/mol. The minimum Gasteiger partial charge on any atom is -0.490 e. The molecule has 1 heterocycles. The number of ether oxygens (including phenoxy) is 1. The summed E-state index contributed by atoms with van der Waals surface area (Å²) in [5, 5.41) is 1.09. The highest BCUT2D eigenvalue weighted by Gasteiger charge is 2.02. The van der Waals surface area contributed by atoms with Gasteiger partial charge in [-0.3, -0.25) is 0 Å². The summed E-state index contributed by atoms with van der Waals surface area (Å²) in [6, 6.07) is 9.95. The fraction of sp³-hybridized carbons (Fsp3) is 0.214. The lowest BCUT2D eigenvalue weighted by Crippen LogP contribution is -1.97. The first-order valence-electron chi connectivity index (χ1n) is 5.24. The molecule has 0 aliphatic carbocycles. The van der Waals surface area contributed by atoms with Crippen molar-refractivity contribution >= 4 is 10.9 Å². The Bertz CT molecular complexity index is 540. The molecule has 0 bridgehead atoms. The van der Waals surface area contributed by atoms with Gasteiger partial charge in [-0.15, -0.1) is 12.3 Å². The quantitative estimate of drug-likeness (QED) is 0.575. The standard InChI is InChI=1S/C14H13NO/c1-3-4-10-16-13-7-5-6-12-9-8-11(2)15-14(12)13/h1,5-9H,4,10H2,2H3. The first kappa shape index (κ1) is 10.5. The number of aromatic nitrogens is 1. The molecule has 0 N–H and O–H groups in total. The summed E-state index contributed by atoms with van der Waals surface area (Å²) in [4.78, 5) is 4.48. The molecule has 0 amide bonds. The normalized spacial score (nSPS) is 10.0. The molecule has 0 saturated heterocycles. The Kier molecular flexibility index (Phi) is 3.07. The van der Waals surface area contributed by atoms with Crippen LogP contribution in [0.1, 0.15) is 12.1 Å². The third-order valence-corrected chi connectivity index (χ3v) is 2.33. The van der Waals surface area contributed by atoms with Crippen molar-refractivity contribution in [3.8, 4) is 18.1 Å². The smallest absolute Gasteiger partial charge is 0.145 e. The maximum atomic E-state index is 5.61. The highest BCUT2D eigenvalue weighted by molar-refractivity contribution is 5.84. The molecule has 2 rings (SSSR count). The van der Waals surface area contributed by atoms with Crippen molar-refractivity contribution in [1.29, 1.82) is 0 Å². The van der Waals surface area contributed by atoms with Gasteiger partial charge in [-0.25, -0.2) is 4.98 Å². The molecule has 0 saturated carbocycles. The number of hydrogen-bond acceptors (Lipinski definition) is 2. The first-order valence-corrected chi connectivity index (χ1v) is 5.24. The van der Waals surface area contributed by atoms with E-state index in [0.717, 1.165) is 22.3 Å². The van der Waals surface area contributed by atoms with Gasteiger partial charge in [0.25, 0.3) is 0 Å². The molecule has 0 unspecified atom stereocenters. The molecule has 0 atom stereocenters. The molecule has 2 aromatic rings. The Balaban J connectivity index is 2.37. The monoisotopic (exact) mass is 211 g/mol. The van der Waals surface area contributed by atoms with Crippen molar-refractivity contribution < 1.29 is 4.74 Å². The average molecular weight is 211 g/mol. The number of rotatable bonds is 3. The topological polar surface area (TPSA) is 22.1 Å². The number of nitrogens with zero attached hydrogens (tertiary/aromatic N) is 1. The number of pyridine rings is 1. The van der Waals surface area contributed by atoms with Crippen LogP contribution in [0.3, 0.4) is 0 Å². The Morgan fingerprint density at radius 3 is 3.00 bits per heavy atom. The van der Waals surface area contributed by atoms with E-state index in [1.807, 2.05) is 37.3 Å². The van der Waals surface area contributed by atoms with Crippen molar-refractivity contribution in [2.45, 2.75) is 13.3 Å². The summed E-state index contributed by atoms with van der Waals surface area (Å²) in [5.74, 6) is 3.35. The zero-order valence-electron chi connectivity index (χ0n) is 9.23. The lowest BCUT2D eigenvalue weighted by molar-refractivity contribution is 0.330. The van der Waals surface area contributed by atoms with E-state index in [1.54, 1.807) is 0 Å². The number of fused-ring (bicyclic) bond motifs is 1. The van der Waals surface area contributed by atoms with E-state index in [2.05, 4.69) is 10.9 Å². The molecule has 0 spiro atoms. The van der Waals surface area contributed by atoms with E-state index in [4.69, 9.17) is 11.2 Å². The van der Waals surface area contributed by atoms with Crippen LogP contribution in [-0.2, 0) is 0 Å². The van der Waals surface area contributed by atoms with Crippen molar-refractivity contribution in [2.24, 2.45) is 0 Å². The van der Waals surface area contributed by atoms with Crippen molar-refractivity contribution in [3.63, 3.8) is 0 Å². The van der Waals surface area contributed by atoms with Gasteiger partial charge in [0.2, 0.25) is 0 Å². The highest BCUT2D eigenvalue weighted by atomic mass is 16.5. The minimum absolute atomic E-state index is 0.533. The van der Waals surface area contributed by atoms with Gasteiger partial charge in [0.1, 0.15) is 11.3 Å². The maximum absolute atomic E-state index is 5.61. The predicted molar refractivity (Wildman–Crippen MR) is 65.4 cm³/mol. The SMILES string of the molecule is C#CCCOc1cccc2ccc(C)nc12. The second kappa shape index (κ2) is 4.67.